The third-order valence-electron chi connectivity index (χ3n) is 1.90. The van der Waals surface area contributed by atoms with Crippen LogP contribution in [0, 0.1) is 5.92 Å². The zero-order chi connectivity index (χ0) is 12.8. The topological polar surface area (TPSA) is 55.6 Å². The molecule has 0 aliphatic rings. The number of nitrogens with zero attached hydrogens (tertiary/aromatic N) is 1. The number of nitrogens with two attached hydrogens (primary N) is 1. The van der Waals surface area contributed by atoms with Gasteiger partial charge in [0.15, 0.2) is 0 Å². The number of carbonyl (C=O) groups excluding carboxylic acids is 1. The van der Waals surface area contributed by atoms with E-state index in [9.17, 15) is 18.0 Å². The molecule has 0 fully saturated rings. The van der Waals surface area contributed by atoms with Gasteiger partial charge in [-0.15, -0.1) is 0 Å². The molecule has 1 unspecified atom stereocenters. The maximum atomic E-state index is 11.7. The predicted octanol–water partition coefficient (Wildman–Crippen LogP) is 0.618. The lowest BCUT2D eigenvalue weighted by Gasteiger charge is -2.20. The molecule has 0 bridgehead atoms. The average Bonchev–Trinajstić information content (AvgIpc) is 2.15. The highest BCUT2D eigenvalue weighted by Crippen LogP contribution is 2.14. The van der Waals surface area contributed by atoms with Crippen LogP contribution in [-0.4, -0.2) is 50.3 Å². The first-order valence-corrected chi connectivity index (χ1v) is 4.84. The van der Waals surface area contributed by atoms with Gasteiger partial charge in [0.05, 0.1) is 0 Å². The minimum absolute atomic E-state index is 0.108. The second kappa shape index (κ2) is 6.70. The molecule has 0 heterocycles. The summed E-state index contributed by atoms with van der Waals surface area (Å²) in [6, 6.07) is 0. The number of likely N-dealkylation sites (N-methyl/N-ethyl adjacent to an activating group) is 1. The minimum atomic E-state index is -4.40. The number of amides is 1. The Bertz CT molecular complexity index is 221. The van der Waals surface area contributed by atoms with E-state index in [0.29, 0.717) is 13.1 Å². The largest absolute Gasteiger partial charge is 0.411 e. The Labute approximate surface area is 92.5 Å². The molecule has 4 nitrogen and oxygen atoms in total. The molecular weight excluding hydrogens is 225 g/mol. The molecule has 0 aliphatic carbocycles. The van der Waals surface area contributed by atoms with Crippen molar-refractivity contribution in [2.24, 2.45) is 11.7 Å². The van der Waals surface area contributed by atoms with E-state index in [1.54, 1.807) is 0 Å². The van der Waals surface area contributed by atoms with Gasteiger partial charge in [-0.2, -0.15) is 13.2 Å². The Hall–Kier alpha value is -0.820. The van der Waals surface area contributed by atoms with E-state index in [1.165, 1.54) is 11.9 Å². The van der Waals surface area contributed by atoms with Crippen LogP contribution in [0.15, 0.2) is 0 Å². The van der Waals surface area contributed by atoms with Crippen molar-refractivity contribution >= 4 is 5.91 Å². The molecule has 0 aromatic carbocycles. The van der Waals surface area contributed by atoms with Crippen molar-refractivity contribution in [1.29, 1.82) is 0 Å². The van der Waals surface area contributed by atoms with Gasteiger partial charge in [-0.25, -0.2) is 0 Å². The second-order valence-electron chi connectivity index (χ2n) is 3.72. The molecule has 0 radical (unpaired) electrons. The Kier molecular flexibility index (Phi) is 6.35. The molecular formula is C9H17F3N2O2. The Morgan fingerprint density at radius 2 is 2.06 bits per heavy atom. The summed E-state index contributed by atoms with van der Waals surface area (Å²) >= 11 is 0. The number of ether oxygens (including phenoxy) is 1. The molecule has 0 saturated heterocycles. The standard InChI is InChI=1S/C9H17F3N2O2/c1-7(3-13)4-14(2)8(15)5-16-6-9(10,11)12/h7H,3-6,13H2,1-2H3. The van der Waals surface area contributed by atoms with Gasteiger partial charge < -0.3 is 15.4 Å². The van der Waals surface area contributed by atoms with E-state index < -0.39 is 25.3 Å². The Morgan fingerprint density at radius 1 is 1.50 bits per heavy atom. The number of alkyl halides is 3. The van der Waals surface area contributed by atoms with Crippen molar-refractivity contribution < 1.29 is 22.7 Å². The van der Waals surface area contributed by atoms with E-state index in [4.69, 9.17) is 5.73 Å². The number of halogens is 3. The first-order valence-electron chi connectivity index (χ1n) is 4.84. The summed E-state index contributed by atoms with van der Waals surface area (Å²) in [5.74, 6) is -0.374. The van der Waals surface area contributed by atoms with Crippen molar-refractivity contribution in [3.05, 3.63) is 0 Å². The van der Waals surface area contributed by atoms with Crippen LogP contribution in [0.4, 0.5) is 13.2 Å². The first kappa shape index (κ1) is 15.2. The summed E-state index contributed by atoms with van der Waals surface area (Å²) in [5.41, 5.74) is 5.36. The maximum absolute atomic E-state index is 11.7. The van der Waals surface area contributed by atoms with Crippen molar-refractivity contribution in [2.75, 3.05) is 33.4 Å². The summed E-state index contributed by atoms with van der Waals surface area (Å²) in [7, 11) is 1.51. The SMILES string of the molecule is CC(CN)CN(C)C(=O)COCC(F)(F)F. The summed E-state index contributed by atoms with van der Waals surface area (Å²) in [6.07, 6.45) is -4.40. The minimum Gasteiger partial charge on any atom is -0.362 e. The molecule has 0 rings (SSSR count). The normalized spacial score (nSPS) is 13.6. The molecule has 16 heavy (non-hydrogen) atoms. The van der Waals surface area contributed by atoms with Crippen LogP contribution in [0.2, 0.25) is 0 Å². The van der Waals surface area contributed by atoms with E-state index in [-0.39, 0.29) is 5.92 Å². The van der Waals surface area contributed by atoms with Crippen molar-refractivity contribution in [3.63, 3.8) is 0 Å². The highest BCUT2D eigenvalue weighted by Gasteiger charge is 2.28. The summed E-state index contributed by atoms with van der Waals surface area (Å²) in [5, 5.41) is 0. The highest BCUT2D eigenvalue weighted by atomic mass is 19.4. The zero-order valence-electron chi connectivity index (χ0n) is 9.38. The van der Waals surface area contributed by atoms with E-state index in [1.807, 2.05) is 6.92 Å². The molecule has 0 aliphatic heterocycles. The van der Waals surface area contributed by atoms with Gasteiger partial charge in [-0.05, 0) is 12.5 Å². The van der Waals surface area contributed by atoms with Crippen LogP contribution >= 0.6 is 0 Å². The van der Waals surface area contributed by atoms with Crippen molar-refractivity contribution in [2.45, 2.75) is 13.1 Å². The lowest BCUT2D eigenvalue weighted by molar-refractivity contribution is -0.177. The van der Waals surface area contributed by atoms with Crippen LogP contribution < -0.4 is 5.73 Å². The average molecular weight is 242 g/mol. The smallest absolute Gasteiger partial charge is 0.362 e. The van der Waals surface area contributed by atoms with Crippen LogP contribution in [0.1, 0.15) is 6.92 Å². The monoisotopic (exact) mass is 242 g/mol. The van der Waals surface area contributed by atoms with Crippen molar-refractivity contribution in [1.82, 2.24) is 4.90 Å². The number of hydrogen-bond acceptors (Lipinski definition) is 3. The van der Waals surface area contributed by atoms with Crippen LogP contribution in [0.5, 0.6) is 0 Å². The predicted molar refractivity (Wildman–Crippen MR) is 52.7 cm³/mol. The lowest BCUT2D eigenvalue weighted by Crippen LogP contribution is -2.36. The fourth-order valence-corrected chi connectivity index (χ4v) is 1.01. The third kappa shape index (κ3) is 7.47. The van der Waals surface area contributed by atoms with E-state index in [0.717, 1.165) is 0 Å². The van der Waals surface area contributed by atoms with Crippen molar-refractivity contribution in [3.8, 4) is 0 Å². The molecule has 0 aromatic rings. The molecule has 7 heteroatoms. The van der Waals surface area contributed by atoms with Crippen LogP contribution in [-0.2, 0) is 9.53 Å². The molecule has 96 valence electrons. The van der Waals surface area contributed by atoms with Crippen LogP contribution in [0.3, 0.4) is 0 Å². The zero-order valence-corrected chi connectivity index (χ0v) is 9.38. The van der Waals surface area contributed by atoms with E-state index in [2.05, 4.69) is 4.74 Å². The summed E-state index contributed by atoms with van der Waals surface area (Å²) in [6.45, 7) is 0.707. The molecule has 0 saturated carbocycles. The first-order chi connectivity index (χ1) is 7.26. The molecule has 0 spiro atoms. The number of hydrogen-bond donors (Lipinski definition) is 1. The van der Waals surface area contributed by atoms with Gasteiger partial charge in [-0.3, -0.25) is 4.79 Å². The van der Waals surface area contributed by atoms with E-state index >= 15 is 0 Å². The molecule has 0 aromatic heterocycles. The Morgan fingerprint density at radius 3 is 2.50 bits per heavy atom. The second-order valence-corrected chi connectivity index (χ2v) is 3.72. The third-order valence-corrected chi connectivity index (χ3v) is 1.90. The molecule has 2 N–H and O–H groups in total. The quantitative estimate of drug-likeness (QED) is 0.742. The van der Waals surface area contributed by atoms with Gasteiger partial charge in [0.25, 0.3) is 0 Å². The fraction of sp³-hybridized carbons (Fsp3) is 0.889. The highest BCUT2D eigenvalue weighted by molar-refractivity contribution is 5.77. The van der Waals surface area contributed by atoms with Gasteiger partial charge in [0.1, 0.15) is 13.2 Å². The molecule has 1 amide bonds. The van der Waals surface area contributed by atoms with Gasteiger partial charge in [0, 0.05) is 13.6 Å². The number of carbonyl (C=O) groups is 1. The maximum Gasteiger partial charge on any atom is 0.411 e. The lowest BCUT2D eigenvalue weighted by atomic mass is 10.2. The van der Waals surface area contributed by atoms with Gasteiger partial charge in [-0.1, -0.05) is 6.92 Å². The molecule has 1 atom stereocenters. The summed E-state index contributed by atoms with van der Waals surface area (Å²) < 4.78 is 39.4. The number of rotatable bonds is 6. The summed E-state index contributed by atoms with van der Waals surface area (Å²) in [4.78, 5) is 12.6. The fourth-order valence-electron chi connectivity index (χ4n) is 1.01. The Balaban J connectivity index is 3.80. The van der Waals surface area contributed by atoms with Gasteiger partial charge in [0.2, 0.25) is 5.91 Å². The van der Waals surface area contributed by atoms with Gasteiger partial charge >= 0.3 is 6.18 Å². The van der Waals surface area contributed by atoms with Crippen LogP contribution in [0.25, 0.3) is 0 Å².